The van der Waals surface area contributed by atoms with Gasteiger partial charge in [-0.25, -0.2) is 17.1 Å². The minimum Gasteiger partial charge on any atom is -0.317 e. The van der Waals surface area contributed by atoms with Crippen LogP contribution in [0.15, 0.2) is 0 Å². The van der Waals surface area contributed by atoms with E-state index in [1.54, 1.807) is 0 Å². The summed E-state index contributed by atoms with van der Waals surface area (Å²) >= 11 is 0. The van der Waals surface area contributed by atoms with Crippen molar-refractivity contribution in [2.24, 2.45) is 5.92 Å². The van der Waals surface area contributed by atoms with Gasteiger partial charge in [0.25, 0.3) is 0 Å². The molecular weight excluding hydrogens is 267 g/mol. The van der Waals surface area contributed by atoms with Crippen LogP contribution in [-0.4, -0.2) is 50.8 Å². The molecule has 2 aliphatic heterocycles. The smallest absolute Gasteiger partial charge is 0.211 e. The van der Waals surface area contributed by atoms with Crippen LogP contribution in [0.1, 0.15) is 38.5 Å². The Morgan fingerprint density at radius 2 is 2.11 bits per heavy atom. The lowest BCUT2D eigenvalue weighted by Gasteiger charge is -2.35. The Labute approximate surface area is 115 Å². The topological polar surface area (TPSA) is 49.4 Å². The molecule has 2 rings (SSSR count). The van der Waals surface area contributed by atoms with Gasteiger partial charge in [0, 0.05) is 13.1 Å². The third-order valence-electron chi connectivity index (χ3n) is 4.33. The summed E-state index contributed by atoms with van der Waals surface area (Å²) in [5, 5.41) is 3.23. The highest BCUT2D eigenvalue weighted by molar-refractivity contribution is 7.88. The summed E-state index contributed by atoms with van der Waals surface area (Å²) in [6.45, 7) is 2.72. The molecule has 0 bridgehead atoms. The van der Waals surface area contributed by atoms with E-state index in [1.165, 1.54) is 10.6 Å². The van der Waals surface area contributed by atoms with E-state index in [4.69, 9.17) is 0 Å². The monoisotopic (exact) mass is 292 g/mol. The standard InChI is InChI=1S/C13H25FN2O2S/c1-19(17,18)16-9-2-4-12(11-16)10-13(14)5-3-7-15-8-6-13/h12,15H,2-11H2,1H3. The van der Waals surface area contributed by atoms with Crippen LogP contribution in [0.25, 0.3) is 0 Å². The lowest BCUT2D eigenvalue weighted by atomic mass is 9.83. The maximum Gasteiger partial charge on any atom is 0.211 e. The van der Waals surface area contributed by atoms with E-state index in [1.807, 2.05) is 0 Å². The van der Waals surface area contributed by atoms with Gasteiger partial charge in [-0.2, -0.15) is 0 Å². The number of sulfonamides is 1. The lowest BCUT2D eigenvalue weighted by Crippen LogP contribution is -2.41. The Bertz CT molecular complexity index is 391. The molecule has 0 aromatic rings. The summed E-state index contributed by atoms with van der Waals surface area (Å²) in [5.41, 5.74) is -1.10. The fraction of sp³-hybridized carbons (Fsp3) is 1.00. The Morgan fingerprint density at radius 1 is 1.32 bits per heavy atom. The predicted octanol–water partition coefficient (Wildman–Crippen LogP) is 1.53. The first-order valence-electron chi connectivity index (χ1n) is 7.24. The summed E-state index contributed by atoms with van der Waals surface area (Å²) in [6.07, 6.45) is 5.60. The number of nitrogens with zero attached hydrogens (tertiary/aromatic N) is 1. The van der Waals surface area contributed by atoms with Crippen LogP contribution in [0, 0.1) is 5.92 Å². The van der Waals surface area contributed by atoms with Gasteiger partial charge in [-0.15, -0.1) is 0 Å². The molecule has 2 saturated heterocycles. The number of halogens is 1. The van der Waals surface area contributed by atoms with Crippen molar-refractivity contribution in [3.05, 3.63) is 0 Å². The van der Waals surface area contributed by atoms with Crippen LogP contribution >= 0.6 is 0 Å². The minimum atomic E-state index is -3.13. The zero-order valence-electron chi connectivity index (χ0n) is 11.7. The summed E-state index contributed by atoms with van der Waals surface area (Å²) in [4.78, 5) is 0. The summed E-state index contributed by atoms with van der Waals surface area (Å²) in [6, 6.07) is 0. The Kier molecular flexibility index (Phi) is 4.84. The van der Waals surface area contributed by atoms with Gasteiger partial charge in [-0.1, -0.05) is 0 Å². The molecule has 112 valence electrons. The molecule has 2 atom stereocenters. The summed E-state index contributed by atoms with van der Waals surface area (Å²) < 4.78 is 39.5. The minimum absolute atomic E-state index is 0.173. The highest BCUT2D eigenvalue weighted by atomic mass is 32.2. The maximum atomic E-state index is 14.8. The zero-order valence-corrected chi connectivity index (χ0v) is 12.5. The third kappa shape index (κ3) is 4.39. The van der Waals surface area contributed by atoms with E-state index in [0.717, 1.165) is 32.4 Å². The molecule has 0 saturated carbocycles. The average Bonchev–Trinajstić information content (AvgIpc) is 2.53. The van der Waals surface area contributed by atoms with Crippen molar-refractivity contribution in [1.82, 2.24) is 9.62 Å². The first-order chi connectivity index (χ1) is 8.89. The van der Waals surface area contributed by atoms with E-state index >= 15 is 0 Å². The van der Waals surface area contributed by atoms with Crippen LogP contribution in [-0.2, 0) is 10.0 Å². The quantitative estimate of drug-likeness (QED) is 0.858. The van der Waals surface area contributed by atoms with Crippen molar-refractivity contribution in [2.75, 3.05) is 32.4 Å². The van der Waals surface area contributed by atoms with E-state index < -0.39 is 15.7 Å². The van der Waals surface area contributed by atoms with Gasteiger partial charge in [-0.05, 0) is 57.5 Å². The van der Waals surface area contributed by atoms with E-state index in [2.05, 4.69) is 5.32 Å². The molecule has 0 radical (unpaired) electrons. The lowest BCUT2D eigenvalue weighted by molar-refractivity contribution is 0.0889. The molecule has 2 heterocycles. The van der Waals surface area contributed by atoms with Crippen molar-refractivity contribution in [2.45, 2.75) is 44.2 Å². The zero-order chi connectivity index (χ0) is 13.9. The van der Waals surface area contributed by atoms with Crippen molar-refractivity contribution in [3.63, 3.8) is 0 Å². The normalized spacial score (nSPS) is 34.9. The number of piperidine rings is 1. The largest absolute Gasteiger partial charge is 0.317 e. The van der Waals surface area contributed by atoms with Gasteiger partial charge in [0.1, 0.15) is 5.67 Å². The molecule has 0 aromatic carbocycles. The average molecular weight is 292 g/mol. The molecule has 0 spiro atoms. The molecule has 2 aliphatic rings. The summed E-state index contributed by atoms with van der Waals surface area (Å²) in [5.74, 6) is 0.173. The van der Waals surface area contributed by atoms with Crippen molar-refractivity contribution in [1.29, 1.82) is 0 Å². The van der Waals surface area contributed by atoms with Gasteiger partial charge in [0.05, 0.1) is 6.26 Å². The number of hydrogen-bond acceptors (Lipinski definition) is 3. The maximum absolute atomic E-state index is 14.8. The molecule has 0 amide bonds. The van der Waals surface area contributed by atoms with Gasteiger partial charge >= 0.3 is 0 Å². The molecule has 0 aliphatic carbocycles. The molecule has 19 heavy (non-hydrogen) atoms. The molecular formula is C13H25FN2O2S. The first kappa shape index (κ1) is 15.2. The second-order valence-electron chi connectivity index (χ2n) is 6.09. The number of hydrogen-bond donors (Lipinski definition) is 1. The van der Waals surface area contributed by atoms with Gasteiger partial charge in [0.2, 0.25) is 10.0 Å². The SMILES string of the molecule is CS(=O)(=O)N1CCCC(CC2(F)CCCNCC2)C1. The van der Waals surface area contributed by atoms with Crippen LogP contribution < -0.4 is 5.32 Å². The number of nitrogens with one attached hydrogen (secondary N) is 1. The fourth-order valence-electron chi connectivity index (χ4n) is 3.31. The van der Waals surface area contributed by atoms with Gasteiger partial charge in [0.15, 0.2) is 0 Å². The molecule has 2 unspecified atom stereocenters. The van der Waals surface area contributed by atoms with Crippen molar-refractivity contribution < 1.29 is 12.8 Å². The molecule has 0 aromatic heterocycles. The van der Waals surface area contributed by atoms with Gasteiger partial charge < -0.3 is 5.32 Å². The highest BCUT2D eigenvalue weighted by Gasteiger charge is 2.36. The Morgan fingerprint density at radius 3 is 2.84 bits per heavy atom. The molecule has 2 fully saturated rings. The predicted molar refractivity (Wildman–Crippen MR) is 74.3 cm³/mol. The van der Waals surface area contributed by atoms with Crippen LogP contribution in [0.2, 0.25) is 0 Å². The van der Waals surface area contributed by atoms with Crippen LogP contribution in [0.3, 0.4) is 0 Å². The Hall–Kier alpha value is -0.200. The number of rotatable bonds is 3. The third-order valence-corrected chi connectivity index (χ3v) is 5.60. The highest BCUT2D eigenvalue weighted by Crippen LogP contribution is 2.35. The molecule has 4 nitrogen and oxygen atoms in total. The van der Waals surface area contributed by atoms with E-state index in [0.29, 0.717) is 32.4 Å². The van der Waals surface area contributed by atoms with E-state index in [9.17, 15) is 12.8 Å². The second kappa shape index (κ2) is 6.06. The fourth-order valence-corrected chi connectivity index (χ4v) is 4.25. The number of alkyl halides is 1. The van der Waals surface area contributed by atoms with Crippen LogP contribution in [0.4, 0.5) is 4.39 Å². The first-order valence-corrected chi connectivity index (χ1v) is 9.09. The second-order valence-corrected chi connectivity index (χ2v) is 8.07. The van der Waals surface area contributed by atoms with E-state index in [-0.39, 0.29) is 5.92 Å². The molecule has 6 heteroatoms. The van der Waals surface area contributed by atoms with Crippen LogP contribution in [0.5, 0.6) is 0 Å². The van der Waals surface area contributed by atoms with Crippen molar-refractivity contribution >= 4 is 10.0 Å². The Balaban J connectivity index is 1.94. The molecule has 1 N–H and O–H groups in total. The van der Waals surface area contributed by atoms with Crippen molar-refractivity contribution in [3.8, 4) is 0 Å². The summed E-state index contributed by atoms with van der Waals surface area (Å²) in [7, 11) is -3.13. The van der Waals surface area contributed by atoms with Gasteiger partial charge in [-0.3, -0.25) is 0 Å².